The quantitative estimate of drug-likeness (QED) is 0.864. The summed E-state index contributed by atoms with van der Waals surface area (Å²) < 4.78 is 5.00. The molecule has 2 rings (SSSR count). The van der Waals surface area contributed by atoms with Gasteiger partial charge in [0.2, 0.25) is 0 Å². The molecule has 0 aliphatic rings. The number of hydrogen-bond donors (Lipinski definition) is 1. The van der Waals surface area contributed by atoms with Crippen molar-refractivity contribution in [3.05, 3.63) is 57.8 Å². The molecule has 4 nitrogen and oxygen atoms in total. The molecule has 2 aromatic rings. The highest BCUT2D eigenvalue weighted by Crippen LogP contribution is 2.17. The van der Waals surface area contributed by atoms with Gasteiger partial charge in [-0.05, 0) is 37.4 Å². The van der Waals surface area contributed by atoms with Crippen molar-refractivity contribution in [1.29, 1.82) is 0 Å². The molecule has 21 heavy (non-hydrogen) atoms. The van der Waals surface area contributed by atoms with Gasteiger partial charge in [0.15, 0.2) is 6.61 Å². The van der Waals surface area contributed by atoms with E-state index in [0.717, 1.165) is 10.4 Å². The molecular formula is C16H17NO3S. The van der Waals surface area contributed by atoms with Crippen LogP contribution in [-0.4, -0.2) is 18.5 Å². The van der Waals surface area contributed by atoms with Gasteiger partial charge in [-0.25, -0.2) is 4.79 Å². The second-order valence-electron chi connectivity index (χ2n) is 4.75. The molecule has 0 radical (unpaired) electrons. The number of esters is 1. The SMILES string of the molecule is Cc1ccc(C(=O)OCC(=O)N[C@H](C)c2cccs2)cc1. The van der Waals surface area contributed by atoms with Gasteiger partial charge in [0.25, 0.3) is 5.91 Å². The lowest BCUT2D eigenvalue weighted by Gasteiger charge is -2.12. The number of carbonyl (C=O) groups excluding carboxylic acids is 2. The summed E-state index contributed by atoms with van der Waals surface area (Å²) in [5.74, 6) is -0.801. The maximum Gasteiger partial charge on any atom is 0.338 e. The highest BCUT2D eigenvalue weighted by atomic mass is 32.1. The van der Waals surface area contributed by atoms with Gasteiger partial charge >= 0.3 is 5.97 Å². The first-order valence-corrected chi connectivity index (χ1v) is 7.51. The van der Waals surface area contributed by atoms with E-state index in [2.05, 4.69) is 5.32 Å². The highest BCUT2D eigenvalue weighted by molar-refractivity contribution is 7.10. The van der Waals surface area contributed by atoms with Gasteiger partial charge < -0.3 is 10.1 Å². The van der Waals surface area contributed by atoms with Crippen LogP contribution in [0, 0.1) is 6.92 Å². The van der Waals surface area contributed by atoms with Crippen molar-refractivity contribution in [1.82, 2.24) is 5.32 Å². The summed E-state index contributed by atoms with van der Waals surface area (Å²) in [6.45, 7) is 3.56. The third kappa shape index (κ3) is 4.43. The number of aryl methyl sites for hydroxylation is 1. The van der Waals surface area contributed by atoms with Crippen molar-refractivity contribution in [2.75, 3.05) is 6.61 Å². The van der Waals surface area contributed by atoms with E-state index in [9.17, 15) is 9.59 Å². The molecule has 1 aromatic carbocycles. The molecular weight excluding hydrogens is 286 g/mol. The summed E-state index contributed by atoms with van der Waals surface area (Å²) >= 11 is 1.57. The van der Waals surface area contributed by atoms with E-state index in [-0.39, 0.29) is 18.6 Å². The Morgan fingerprint density at radius 3 is 2.57 bits per heavy atom. The fourth-order valence-corrected chi connectivity index (χ4v) is 2.53. The first kappa shape index (κ1) is 15.3. The Labute approximate surface area is 127 Å². The fraction of sp³-hybridized carbons (Fsp3) is 0.250. The van der Waals surface area contributed by atoms with E-state index in [4.69, 9.17) is 4.74 Å². The predicted molar refractivity (Wildman–Crippen MR) is 82.3 cm³/mol. The fourth-order valence-electron chi connectivity index (χ4n) is 1.80. The Morgan fingerprint density at radius 2 is 1.95 bits per heavy atom. The van der Waals surface area contributed by atoms with E-state index in [1.165, 1.54) is 0 Å². The van der Waals surface area contributed by atoms with Crippen LogP contribution >= 0.6 is 11.3 Å². The lowest BCUT2D eigenvalue weighted by molar-refractivity contribution is -0.124. The van der Waals surface area contributed by atoms with Crippen LogP contribution in [-0.2, 0) is 9.53 Å². The van der Waals surface area contributed by atoms with Crippen LogP contribution < -0.4 is 5.32 Å². The number of rotatable bonds is 5. The van der Waals surface area contributed by atoms with Crippen LogP contribution in [0.4, 0.5) is 0 Å². The maximum atomic E-state index is 11.8. The highest BCUT2D eigenvalue weighted by Gasteiger charge is 2.13. The summed E-state index contributed by atoms with van der Waals surface area (Å²) in [5, 5.41) is 4.75. The van der Waals surface area contributed by atoms with Crippen molar-refractivity contribution in [3.63, 3.8) is 0 Å². The van der Waals surface area contributed by atoms with Crippen molar-refractivity contribution >= 4 is 23.2 Å². The summed E-state index contributed by atoms with van der Waals surface area (Å²) in [4.78, 5) is 24.6. The van der Waals surface area contributed by atoms with Gasteiger partial charge in [-0.1, -0.05) is 23.8 Å². The topological polar surface area (TPSA) is 55.4 Å². The van der Waals surface area contributed by atoms with Gasteiger partial charge in [0.05, 0.1) is 11.6 Å². The summed E-state index contributed by atoms with van der Waals surface area (Å²) in [6.07, 6.45) is 0. The number of carbonyl (C=O) groups is 2. The number of amides is 1. The van der Waals surface area contributed by atoms with E-state index in [1.54, 1.807) is 23.5 Å². The van der Waals surface area contributed by atoms with E-state index in [1.807, 2.05) is 43.5 Å². The molecule has 1 amide bonds. The minimum atomic E-state index is -0.492. The minimum Gasteiger partial charge on any atom is -0.452 e. The molecule has 5 heteroatoms. The lowest BCUT2D eigenvalue weighted by Crippen LogP contribution is -2.30. The van der Waals surface area contributed by atoms with Crippen LogP contribution in [0.15, 0.2) is 41.8 Å². The molecule has 1 atom stereocenters. The zero-order valence-electron chi connectivity index (χ0n) is 12.0. The maximum absolute atomic E-state index is 11.8. The Morgan fingerprint density at radius 1 is 1.24 bits per heavy atom. The molecule has 0 spiro atoms. The normalized spacial score (nSPS) is 11.7. The Balaban J connectivity index is 1.81. The smallest absolute Gasteiger partial charge is 0.338 e. The van der Waals surface area contributed by atoms with Crippen molar-refractivity contribution in [2.45, 2.75) is 19.9 Å². The zero-order chi connectivity index (χ0) is 15.2. The summed E-state index contributed by atoms with van der Waals surface area (Å²) in [6, 6.07) is 10.8. The number of ether oxygens (including phenoxy) is 1. The van der Waals surface area contributed by atoms with E-state index >= 15 is 0 Å². The molecule has 0 bridgehead atoms. The van der Waals surface area contributed by atoms with Gasteiger partial charge in [-0.2, -0.15) is 0 Å². The number of thiophene rings is 1. The molecule has 1 N–H and O–H groups in total. The Bertz CT molecular complexity index is 605. The minimum absolute atomic E-state index is 0.0874. The molecule has 0 saturated carbocycles. The number of hydrogen-bond acceptors (Lipinski definition) is 4. The first-order chi connectivity index (χ1) is 10.1. The first-order valence-electron chi connectivity index (χ1n) is 6.63. The van der Waals surface area contributed by atoms with Gasteiger partial charge in [-0.15, -0.1) is 11.3 Å². The monoisotopic (exact) mass is 303 g/mol. The molecule has 110 valence electrons. The van der Waals surface area contributed by atoms with Crippen molar-refractivity contribution in [3.8, 4) is 0 Å². The van der Waals surface area contributed by atoms with Crippen LogP contribution in [0.5, 0.6) is 0 Å². The molecule has 0 saturated heterocycles. The Hall–Kier alpha value is -2.14. The third-order valence-electron chi connectivity index (χ3n) is 2.97. The second-order valence-corrected chi connectivity index (χ2v) is 5.73. The van der Waals surface area contributed by atoms with Crippen molar-refractivity contribution < 1.29 is 14.3 Å². The van der Waals surface area contributed by atoms with Crippen LogP contribution in [0.3, 0.4) is 0 Å². The van der Waals surface area contributed by atoms with Crippen molar-refractivity contribution in [2.24, 2.45) is 0 Å². The molecule has 1 heterocycles. The van der Waals surface area contributed by atoms with Crippen LogP contribution in [0.25, 0.3) is 0 Å². The standard InChI is InChI=1S/C16H17NO3S/c1-11-5-7-13(8-6-11)16(19)20-10-15(18)17-12(2)14-4-3-9-21-14/h3-9,12H,10H2,1-2H3,(H,17,18)/t12-/m1/s1. The lowest BCUT2D eigenvalue weighted by atomic mass is 10.1. The van der Waals surface area contributed by atoms with Crippen LogP contribution in [0.1, 0.15) is 33.8 Å². The number of nitrogens with one attached hydrogen (secondary N) is 1. The van der Waals surface area contributed by atoms with Gasteiger partial charge in [0, 0.05) is 4.88 Å². The summed E-state index contributed by atoms with van der Waals surface area (Å²) in [7, 11) is 0. The molecule has 0 fully saturated rings. The Kier molecular flexibility index (Phi) is 5.11. The predicted octanol–water partition coefficient (Wildman–Crippen LogP) is 3.09. The van der Waals surface area contributed by atoms with E-state index in [0.29, 0.717) is 5.56 Å². The average Bonchev–Trinajstić information content (AvgIpc) is 3.00. The van der Waals surface area contributed by atoms with Gasteiger partial charge in [-0.3, -0.25) is 4.79 Å². The second kappa shape index (κ2) is 7.04. The van der Waals surface area contributed by atoms with Crippen LogP contribution in [0.2, 0.25) is 0 Å². The van der Waals surface area contributed by atoms with E-state index < -0.39 is 5.97 Å². The zero-order valence-corrected chi connectivity index (χ0v) is 12.8. The molecule has 1 aromatic heterocycles. The molecule has 0 aliphatic carbocycles. The molecule has 0 unspecified atom stereocenters. The third-order valence-corrected chi connectivity index (χ3v) is 4.02. The largest absolute Gasteiger partial charge is 0.452 e. The molecule has 0 aliphatic heterocycles. The number of benzene rings is 1. The average molecular weight is 303 g/mol. The summed E-state index contributed by atoms with van der Waals surface area (Å²) in [5.41, 5.74) is 1.51. The van der Waals surface area contributed by atoms with Gasteiger partial charge in [0.1, 0.15) is 0 Å².